The topological polar surface area (TPSA) is 139 Å². The van der Waals surface area contributed by atoms with Crippen LogP contribution in [0.15, 0.2) is 42.7 Å². The van der Waals surface area contributed by atoms with Crippen molar-refractivity contribution < 1.29 is 0 Å². The Kier molecular flexibility index (Phi) is 6.16. The van der Waals surface area contributed by atoms with Crippen molar-refractivity contribution in [1.29, 1.82) is 15.8 Å². The van der Waals surface area contributed by atoms with Crippen LogP contribution in [0.5, 0.6) is 0 Å². The molecule has 4 aromatic rings. The lowest BCUT2D eigenvalue weighted by atomic mass is 9.50. The number of hydrogen-bond donors (Lipinski definition) is 2. The first-order valence-corrected chi connectivity index (χ1v) is 13.8. The van der Waals surface area contributed by atoms with Crippen molar-refractivity contribution in [2.45, 2.75) is 58.5 Å². The Morgan fingerprint density at radius 3 is 2.41 bits per heavy atom. The Balaban J connectivity index is 1.47. The molecule has 2 N–H and O–H groups in total. The molecular formula is C32H31N9. The number of benzene rings is 2. The molecule has 3 aliphatic carbocycles. The Labute approximate surface area is 239 Å². The molecule has 204 valence electrons. The van der Waals surface area contributed by atoms with Crippen LogP contribution in [0.3, 0.4) is 0 Å². The fourth-order valence-electron chi connectivity index (χ4n) is 6.02. The molecule has 2 heterocycles. The lowest BCUT2D eigenvalue weighted by Crippen LogP contribution is -2.59. The lowest BCUT2D eigenvalue weighted by Gasteiger charge is -2.61. The summed E-state index contributed by atoms with van der Waals surface area (Å²) in [6, 6.07) is 15.8. The highest BCUT2D eigenvalue weighted by molar-refractivity contribution is 5.99. The number of hydrogen-bond acceptors (Lipinski definition) is 8. The van der Waals surface area contributed by atoms with Crippen LogP contribution in [0.2, 0.25) is 0 Å². The van der Waals surface area contributed by atoms with Crippen molar-refractivity contribution in [3.8, 4) is 18.2 Å². The minimum Gasteiger partial charge on any atom is -0.383 e. The van der Waals surface area contributed by atoms with Gasteiger partial charge < -0.3 is 10.6 Å². The van der Waals surface area contributed by atoms with Gasteiger partial charge >= 0.3 is 0 Å². The molecule has 0 saturated heterocycles. The number of nitrogens with one attached hydrogen (secondary N) is 2. The van der Waals surface area contributed by atoms with Gasteiger partial charge in [0.25, 0.3) is 0 Å². The van der Waals surface area contributed by atoms with Gasteiger partial charge in [-0.3, -0.25) is 4.98 Å². The maximum Gasteiger partial charge on any atom is 0.110 e. The molecule has 3 fully saturated rings. The van der Waals surface area contributed by atoms with Gasteiger partial charge in [0.2, 0.25) is 0 Å². The predicted molar refractivity (Wildman–Crippen MR) is 156 cm³/mol. The van der Waals surface area contributed by atoms with Gasteiger partial charge in [-0.25, -0.2) is 4.68 Å². The number of rotatable bonds is 7. The maximum atomic E-state index is 10.1. The third-order valence-corrected chi connectivity index (χ3v) is 8.42. The van der Waals surface area contributed by atoms with Crippen LogP contribution >= 0.6 is 0 Å². The van der Waals surface area contributed by atoms with E-state index in [-0.39, 0.29) is 11.0 Å². The van der Waals surface area contributed by atoms with Crippen molar-refractivity contribution in [3.05, 3.63) is 76.2 Å². The number of anilines is 2. The van der Waals surface area contributed by atoms with Crippen molar-refractivity contribution in [1.82, 2.24) is 20.0 Å². The average Bonchev–Trinajstić information content (AvgIpc) is 3.37. The number of nitriles is 3. The molecule has 2 aromatic heterocycles. The van der Waals surface area contributed by atoms with E-state index in [9.17, 15) is 15.8 Å². The van der Waals surface area contributed by atoms with Crippen LogP contribution in [-0.2, 0) is 5.54 Å². The summed E-state index contributed by atoms with van der Waals surface area (Å²) in [5, 5.41) is 46.6. The Bertz CT molecular complexity index is 1790. The van der Waals surface area contributed by atoms with E-state index in [1.165, 1.54) is 6.20 Å². The van der Waals surface area contributed by atoms with Crippen LogP contribution in [-0.4, -0.2) is 26.5 Å². The molecule has 7 rings (SSSR count). The van der Waals surface area contributed by atoms with Crippen LogP contribution in [0, 0.1) is 52.2 Å². The summed E-state index contributed by atoms with van der Waals surface area (Å²) in [5.74, 6) is 0.807. The number of aromatic nitrogens is 4. The molecule has 0 radical (unpaired) electrons. The average molecular weight is 542 g/mol. The molecular weight excluding hydrogens is 510 g/mol. The van der Waals surface area contributed by atoms with Crippen molar-refractivity contribution in [2.75, 3.05) is 17.2 Å². The molecule has 2 aromatic carbocycles. The Morgan fingerprint density at radius 2 is 1.78 bits per heavy atom. The summed E-state index contributed by atoms with van der Waals surface area (Å²) in [7, 11) is 0. The van der Waals surface area contributed by atoms with Crippen molar-refractivity contribution in [2.24, 2.45) is 11.3 Å². The van der Waals surface area contributed by atoms with E-state index < -0.39 is 6.04 Å². The molecule has 2 bridgehead atoms. The molecule has 0 spiro atoms. The van der Waals surface area contributed by atoms with Crippen LogP contribution in [0.25, 0.3) is 10.9 Å². The maximum absolute atomic E-state index is 10.1. The minimum absolute atomic E-state index is 0.0309. The van der Waals surface area contributed by atoms with E-state index in [0.717, 1.165) is 42.0 Å². The summed E-state index contributed by atoms with van der Waals surface area (Å²) in [6.07, 6.45) is 6.97. The Morgan fingerprint density at radius 1 is 1.05 bits per heavy atom. The largest absolute Gasteiger partial charge is 0.383 e. The first-order valence-electron chi connectivity index (χ1n) is 13.8. The number of pyridine rings is 1. The molecule has 0 amide bonds. The zero-order chi connectivity index (χ0) is 28.9. The summed E-state index contributed by atoms with van der Waals surface area (Å²) < 4.78 is 2.01. The monoisotopic (exact) mass is 541 g/mol. The normalized spacial score (nSPS) is 19.7. The molecule has 9 nitrogen and oxygen atoms in total. The molecule has 1 atom stereocenters. The highest BCUT2D eigenvalue weighted by atomic mass is 15.5. The van der Waals surface area contributed by atoms with Crippen molar-refractivity contribution >= 4 is 22.3 Å². The SMILES string of the molecule is Cc1c(C#N)cccc1C(Nc1cc(C#N)c2ncc(C#N)c(NCC(C)(C)C)c2c1)c1cn(C23CC(C2)C3)nn1. The third kappa shape index (κ3) is 4.52. The van der Waals surface area contributed by atoms with E-state index in [4.69, 9.17) is 0 Å². The minimum atomic E-state index is -0.425. The van der Waals surface area contributed by atoms with Gasteiger partial charge in [0, 0.05) is 23.8 Å². The molecule has 1 unspecified atom stereocenters. The number of nitrogens with zero attached hydrogens (tertiary/aromatic N) is 7. The van der Waals surface area contributed by atoms with E-state index in [1.54, 1.807) is 12.1 Å². The number of fused-ring (bicyclic) bond motifs is 1. The molecule has 41 heavy (non-hydrogen) atoms. The first kappa shape index (κ1) is 26.3. The second-order valence-electron chi connectivity index (χ2n) is 12.6. The predicted octanol–water partition coefficient (Wildman–Crippen LogP) is 5.92. The lowest BCUT2D eigenvalue weighted by molar-refractivity contribution is -0.0989. The van der Waals surface area contributed by atoms with E-state index >= 15 is 0 Å². The van der Waals surface area contributed by atoms with E-state index in [1.807, 2.05) is 36.0 Å². The first-order chi connectivity index (χ1) is 19.6. The quantitative estimate of drug-likeness (QED) is 0.294. The fourth-order valence-corrected chi connectivity index (χ4v) is 6.02. The summed E-state index contributed by atoms with van der Waals surface area (Å²) in [6.45, 7) is 8.92. The summed E-state index contributed by atoms with van der Waals surface area (Å²) in [5.41, 5.74) is 5.82. The van der Waals surface area contributed by atoms with Crippen LogP contribution in [0.4, 0.5) is 11.4 Å². The summed E-state index contributed by atoms with van der Waals surface area (Å²) in [4.78, 5) is 4.48. The highest BCUT2D eigenvalue weighted by Crippen LogP contribution is 2.62. The summed E-state index contributed by atoms with van der Waals surface area (Å²) >= 11 is 0. The van der Waals surface area contributed by atoms with Gasteiger partial charge in [-0.1, -0.05) is 38.1 Å². The second kappa shape index (κ2) is 9.61. The molecule has 0 aliphatic heterocycles. The van der Waals surface area contributed by atoms with E-state index in [2.05, 4.69) is 64.9 Å². The highest BCUT2D eigenvalue weighted by Gasteiger charge is 2.58. The fraction of sp³-hybridized carbons (Fsp3) is 0.375. The van der Waals surface area contributed by atoms with Gasteiger partial charge in [0.15, 0.2) is 0 Å². The van der Waals surface area contributed by atoms with Gasteiger partial charge in [0.1, 0.15) is 17.8 Å². The third-order valence-electron chi connectivity index (χ3n) is 8.42. The second-order valence-corrected chi connectivity index (χ2v) is 12.6. The van der Waals surface area contributed by atoms with Gasteiger partial charge in [-0.05, 0) is 66.8 Å². The molecule has 3 saturated carbocycles. The molecule has 3 aliphatic rings. The smallest absolute Gasteiger partial charge is 0.110 e. The van der Waals surface area contributed by atoms with Gasteiger partial charge in [-0.2, -0.15) is 15.8 Å². The van der Waals surface area contributed by atoms with Crippen LogP contribution in [0.1, 0.15) is 79.6 Å². The molecule has 9 heteroatoms. The van der Waals surface area contributed by atoms with E-state index in [0.29, 0.717) is 45.5 Å². The van der Waals surface area contributed by atoms with Gasteiger partial charge in [0.05, 0.1) is 51.7 Å². The van der Waals surface area contributed by atoms with Gasteiger partial charge in [-0.15, -0.1) is 5.10 Å². The zero-order valence-corrected chi connectivity index (χ0v) is 23.7. The van der Waals surface area contributed by atoms with Crippen molar-refractivity contribution in [3.63, 3.8) is 0 Å². The standard InChI is InChI=1S/C32H31N9/c1-19-21(13-33)6-5-7-25(19)30(27-17-41(40-39-27)32-10-20(11-32)12-32)38-24-8-22(14-34)28-26(9-24)29(23(15-35)16-36-28)37-18-31(2,3)4/h5-9,16-17,20,30,38H,10-12,18H2,1-4H3,(H,36,37). The van der Waals surface area contributed by atoms with Crippen LogP contribution < -0.4 is 10.6 Å². The Hall–Kier alpha value is -4.94. The zero-order valence-electron chi connectivity index (χ0n) is 23.7.